The molecule has 0 saturated heterocycles. The largest absolute Gasteiger partial charge is 0.384 e. The highest BCUT2D eigenvalue weighted by Crippen LogP contribution is 2.65. The van der Waals surface area contributed by atoms with Crippen molar-refractivity contribution in [3.8, 4) is 24.0 Å². The highest BCUT2D eigenvalue weighted by molar-refractivity contribution is 6.03. The van der Waals surface area contributed by atoms with E-state index < -0.39 is 5.54 Å². The molecule has 1 aliphatic heterocycles. The zero-order valence-corrected chi connectivity index (χ0v) is 31.8. The third-order valence-corrected chi connectivity index (χ3v) is 14.5. The van der Waals surface area contributed by atoms with Gasteiger partial charge in [-0.15, -0.1) is 0 Å². The zero-order chi connectivity index (χ0) is 38.0. The zero-order valence-electron chi connectivity index (χ0n) is 31.8. The Hall–Kier alpha value is -4.94. The lowest BCUT2D eigenvalue weighted by Crippen LogP contribution is -2.45. The van der Waals surface area contributed by atoms with Crippen molar-refractivity contribution in [3.63, 3.8) is 0 Å². The summed E-state index contributed by atoms with van der Waals surface area (Å²) in [5.41, 5.74) is 20.7. The number of nitrogens with two attached hydrogens (primary N) is 2. The van der Waals surface area contributed by atoms with Gasteiger partial charge in [-0.3, -0.25) is 10.4 Å². The van der Waals surface area contributed by atoms with E-state index in [2.05, 4.69) is 42.2 Å². The topological polar surface area (TPSA) is 154 Å². The summed E-state index contributed by atoms with van der Waals surface area (Å²) < 4.78 is 12.7. The lowest BCUT2D eigenvalue weighted by Gasteiger charge is -2.47. The molecule has 4 saturated carbocycles. The molecule has 0 bridgehead atoms. The van der Waals surface area contributed by atoms with E-state index in [1.54, 1.807) is 6.07 Å². The second kappa shape index (κ2) is 13.7. The highest BCUT2D eigenvalue weighted by atomic mass is 16.5. The molecule has 3 atom stereocenters. The Kier molecular flexibility index (Phi) is 8.88. The number of hydrogen-bond donors (Lipinski definition) is 3. The highest BCUT2D eigenvalue weighted by Gasteiger charge is 2.62. The average Bonchev–Trinajstić information content (AvgIpc) is 3.84. The number of nitrogen functional groups attached to an aromatic ring is 1. The van der Waals surface area contributed by atoms with Crippen LogP contribution in [0.5, 0.6) is 0 Å². The standard InChI is InChI=1S/C47H50N6O2/c1-54-35-12-16-45(17-13-35)24-33(23-41(45)39-20-31(26-48)7-10-37(39)43(50)51)28-55-36-14-18-46(19-15-36)25-34-9-6-30(5-4-29-2-3-29)21-40(34)47(46)42-22-32(27-49)8-11-38(42)44(52)53-47/h6-11,20-22,29,33,35-36,41H,2-3,12-19,23-25,28H2,1H3,(H3,50,51)(H2,52,53). The number of nitrogens with zero attached hydrogens (tertiary/aromatic N) is 3. The van der Waals surface area contributed by atoms with E-state index in [9.17, 15) is 10.5 Å². The van der Waals surface area contributed by atoms with Crippen LogP contribution in [0.1, 0.15) is 133 Å². The van der Waals surface area contributed by atoms with E-state index in [0.717, 1.165) is 98.4 Å². The molecule has 1 heterocycles. The Morgan fingerprint density at radius 3 is 2.27 bits per heavy atom. The second-order valence-electron chi connectivity index (χ2n) is 17.5. The molecule has 0 amide bonds. The summed E-state index contributed by atoms with van der Waals surface area (Å²) in [5.74, 6) is 8.62. The molecule has 3 aromatic carbocycles. The van der Waals surface area contributed by atoms with Crippen molar-refractivity contribution in [2.75, 3.05) is 13.7 Å². The molecule has 280 valence electrons. The van der Waals surface area contributed by atoms with E-state index in [1.807, 2.05) is 37.4 Å². The lowest BCUT2D eigenvalue weighted by molar-refractivity contribution is -0.0322. The molecule has 3 unspecified atom stereocenters. The summed E-state index contributed by atoms with van der Waals surface area (Å²) in [4.78, 5) is 5.44. The smallest absolute Gasteiger partial charge is 0.127 e. The normalized spacial score (nSPS) is 31.7. The molecule has 0 radical (unpaired) electrons. The van der Waals surface area contributed by atoms with Gasteiger partial charge in [0.15, 0.2) is 0 Å². The van der Waals surface area contributed by atoms with Crippen molar-refractivity contribution >= 4 is 11.7 Å². The lowest BCUT2D eigenvalue weighted by atomic mass is 9.59. The van der Waals surface area contributed by atoms with E-state index in [-0.39, 0.29) is 34.8 Å². The Balaban J connectivity index is 0.968. The number of methoxy groups -OCH3 is 1. The number of aliphatic imine (C=N–C) groups is 1. The summed E-state index contributed by atoms with van der Waals surface area (Å²) in [6.45, 7) is 0.699. The molecule has 0 aromatic heterocycles. The van der Waals surface area contributed by atoms with Gasteiger partial charge in [0, 0.05) is 41.7 Å². The molecular weight excluding hydrogens is 681 g/mol. The first-order chi connectivity index (χ1) is 26.7. The predicted octanol–water partition coefficient (Wildman–Crippen LogP) is 7.71. The molecule has 8 nitrogen and oxygen atoms in total. The van der Waals surface area contributed by atoms with Crippen LogP contribution in [0.2, 0.25) is 0 Å². The summed E-state index contributed by atoms with van der Waals surface area (Å²) in [6.07, 6.45) is 13.6. The monoisotopic (exact) mass is 730 g/mol. The number of amidine groups is 2. The van der Waals surface area contributed by atoms with Crippen LogP contribution in [0.3, 0.4) is 0 Å². The third kappa shape index (κ3) is 5.96. The minimum absolute atomic E-state index is 0.0603. The molecule has 9 rings (SSSR count). The van der Waals surface area contributed by atoms with Crippen LogP contribution in [-0.4, -0.2) is 37.6 Å². The van der Waals surface area contributed by atoms with Crippen LogP contribution >= 0.6 is 0 Å². The molecule has 5 aliphatic carbocycles. The van der Waals surface area contributed by atoms with Crippen LogP contribution in [-0.2, 0) is 21.4 Å². The minimum Gasteiger partial charge on any atom is -0.384 e. The maximum atomic E-state index is 9.98. The number of nitriles is 2. The first-order valence-electron chi connectivity index (χ1n) is 20.3. The fourth-order valence-corrected chi connectivity index (χ4v) is 11.6. The van der Waals surface area contributed by atoms with Gasteiger partial charge in [0.1, 0.15) is 17.2 Å². The van der Waals surface area contributed by atoms with Crippen LogP contribution in [0.25, 0.3) is 0 Å². The Labute approximate surface area is 324 Å². The van der Waals surface area contributed by atoms with Crippen molar-refractivity contribution in [1.82, 2.24) is 0 Å². The molecule has 6 aliphatic rings. The first kappa shape index (κ1) is 35.7. The number of hydrogen-bond acceptors (Lipinski definition) is 7. The van der Waals surface area contributed by atoms with E-state index >= 15 is 0 Å². The Morgan fingerprint density at radius 1 is 0.873 bits per heavy atom. The van der Waals surface area contributed by atoms with Gasteiger partial charge in [-0.05, 0) is 172 Å². The number of ether oxygens (including phenoxy) is 2. The maximum absolute atomic E-state index is 9.98. The molecule has 3 aromatic rings. The van der Waals surface area contributed by atoms with E-state index in [4.69, 9.17) is 31.3 Å². The van der Waals surface area contributed by atoms with Gasteiger partial charge >= 0.3 is 0 Å². The quantitative estimate of drug-likeness (QED) is 0.134. The number of benzene rings is 3. The van der Waals surface area contributed by atoms with Crippen LogP contribution < -0.4 is 11.5 Å². The van der Waals surface area contributed by atoms with Gasteiger partial charge in [-0.1, -0.05) is 17.9 Å². The molecule has 4 fully saturated rings. The molecule has 5 N–H and O–H groups in total. The molecule has 55 heavy (non-hydrogen) atoms. The van der Waals surface area contributed by atoms with Crippen LogP contribution in [0.4, 0.5) is 0 Å². The van der Waals surface area contributed by atoms with Crippen LogP contribution in [0, 0.1) is 62.6 Å². The summed E-state index contributed by atoms with van der Waals surface area (Å²) in [6, 6.07) is 22.9. The van der Waals surface area contributed by atoms with Crippen LogP contribution in [0.15, 0.2) is 59.6 Å². The third-order valence-electron chi connectivity index (χ3n) is 14.5. The number of rotatable bonds is 6. The second-order valence-corrected chi connectivity index (χ2v) is 17.5. The fraction of sp³-hybridized carbons (Fsp3) is 0.489. The SMILES string of the molecule is COC1CCC2(CC1)CC(COC1CCC3(CC1)Cc1ccc(C#CC4CC4)cc1C31N=C(N)c3ccc(C#N)cc31)CC2c1cc(C#N)ccc1C(=N)N. The van der Waals surface area contributed by atoms with Gasteiger partial charge in [0.2, 0.25) is 0 Å². The molecule has 3 spiro atoms. The summed E-state index contributed by atoms with van der Waals surface area (Å²) in [7, 11) is 1.81. The van der Waals surface area contributed by atoms with Gasteiger partial charge in [-0.2, -0.15) is 10.5 Å². The van der Waals surface area contributed by atoms with E-state index in [0.29, 0.717) is 35.4 Å². The summed E-state index contributed by atoms with van der Waals surface area (Å²) in [5, 5.41) is 28.2. The van der Waals surface area contributed by atoms with Gasteiger partial charge < -0.3 is 20.9 Å². The van der Waals surface area contributed by atoms with Gasteiger partial charge in [0.25, 0.3) is 0 Å². The molecule has 8 heteroatoms. The number of nitrogens with one attached hydrogen (secondary N) is 1. The van der Waals surface area contributed by atoms with Crippen molar-refractivity contribution in [3.05, 3.63) is 105 Å². The van der Waals surface area contributed by atoms with Gasteiger partial charge in [0.05, 0.1) is 35.5 Å². The van der Waals surface area contributed by atoms with Gasteiger partial charge in [-0.25, -0.2) is 0 Å². The number of fused-ring (bicyclic) bond motifs is 5. The predicted molar refractivity (Wildman–Crippen MR) is 212 cm³/mol. The average molecular weight is 731 g/mol. The Morgan fingerprint density at radius 2 is 1.56 bits per heavy atom. The first-order valence-corrected chi connectivity index (χ1v) is 20.3. The minimum atomic E-state index is -0.657. The van der Waals surface area contributed by atoms with Crippen molar-refractivity contribution in [1.29, 1.82) is 15.9 Å². The molecular formula is C47H50N6O2. The van der Waals surface area contributed by atoms with Crippen molar-refractivity contribution < 1.29 is 9.47 Å². The Bertz CT molecular complexity index is 2230. The van der Waals surface area contributed by atoms with Crippen molar-refractivity contribution in [2.45, 2.75) is 107 Å². The van der Waals surface area contributed by atoms with Crippen molar-refractivity contribution in [2.24, 2.45) is 39.1 Å². The van der Waals surface area contributed by atoms with E-state index in [1.165, 1.54) is 24.0 Å². The fourth-order valence-electron chi connectivity index (χ4n) is 11.6. The maximum Gasteiger partial charge on any atom is 0.127 e. The summed E-state index contributed by atoms with van der Waals surface area (Å²) >= 11 is 0.